The van der Waals surface area contributed by atoms with E-state index in [-0.39, 0.29) is 6.42 Å². The Morgan fingerprint density at radius 2 is 1.94 bits per heavy atom. The second kappa shape index (κ2) is 7.30. The molecule has 0 fully saturated rings. The maximum Gasteiger partial charge on any atom is 0.303 e. The normalized spacial score (nSPS) is 10.8. The Morgan fingerprint density at radius 3 is 2.53 bits per heavy atom. The van der Waals surface area contributed by atoms with Crippen LogP contribution in [0, 0.1) is 0 Å². The van der Waals surface area contributed by atoms with Crippen LogP contribution < -0.4 is 0 Å². The summed E-state index contributed by atoms with van der Waals surface area (Å²) in [5.74, 6) is -0.717. The lowest BCUT2D eigenvalue weighted by atomic mass is 10.2. The van der Waals surface area contributed by atoms with Gasteiger partial charge >= 0.3 is 5.97 Å². The zero-order chi connectivity index (χ0) is 12.7. The van der Waals surface area contributed by atoms with Crippen molar-refractivity contribution in [2.75, 3.05) is 13.6 Å². The van der Waals surface area contributed by atoms with Gasteiger partial charge in [-0.3, -0.25) is 4.79 Å². The summed E-state index contributed by atoms with van der Waals surface area (Å²) < 4.78 is 0. The van der Waals surface area contributed by atoms with Crippen molar-refractivity contribution in [1.82, 2.24) is 4.90 Å². The molecule has 0 unspecified atom stereocenters. The molecule has 0 atom stereocenters. The van der Waals surface area contributed by atoms with Crippen molar-refractivity contribution < 1.29 is 9.90 Å². The number of carbonyl (C=O) groups is 1. The molecule has 1 rings (SSSR count). The van der Waals surface area contributed by atoms with Crippen molar-refractivity contribution in [3.63, 3.8) is 0 Å². The Hall–Kier alpha value is -1.06. The fraction of sp³-hybridized carbons (Fsp3) is 0.462. The minimum absolute atomic E-state index is 0.259. The van der Waals surface area contributed by atoms with E-state index < -0.39 is 5.97 Å². The van der Waals surface area contributed by atoms with E-state index in [0.29, 0.717) is 0 Å². The average Bonchev–Trinajstić information content (AvgIpc) is 2.27. The zero-order valence-electron chi connectivity index (χ0n) is 10.0. The van der Waals surface area contributed by atoms with Gasteiger partial charge in [-0.25, -0.2) is 0 Å². The van der Waals surface area contributed by atoms with Gasteiger partial charge in [-0.1, -0.05) is 23.7 Å². The number of halogens is 1. The second-order valence-electron chi connectivity index (χ2n) is 4.22. The van der Waals surface area contributed by atoms with Crippen LogP contribution in [0.25, 0.3) is 0 Å². The lowest BCUT2D eigenvalue weighted by Crippen LogP contribution is -2.19. The quantitative estimate of drug-likeness (QED) is 0.762. The molecule has 0 bridgehead atoms. The summed E-state index contributed by atoms with van der Waals surface area (Å²) in [7, 11) is 2.04. The predicted octanol–water partition coefficient (Wildman–Crippen LogP) is 3.03. The molecular weight excluding hydrogens is 238 g/mol. The molecular formula is C13H18ClNO2. The van der Waals surface area contributed by atoms with E-state index in [1.54, 1.807) is 0 Å². The Morgan fingerprint density at radius 1 is 1.29 bits per heavy atom. The number of hydrogen-bond acceptors (Lipinski definition) is 2. The number of benzene rings is 1. The molecule has 94 valence electrons. The third kappa shape index (κ3) is 6.29. The molecule has 0 aliphatic rings. The van der Waals surface area contributed by atoms with Gasteiger partial charge in [0.25, 0.3) is 0 Å². The number of hydrogen-bond donors (Lipinski definition) is 1. The molecule has 0 heterocycles. The first-order valence-corrected chi connectivity index (χ1v) is 6.10. The highest BCUT2D eigenvalue weighted by molar-refractivity contribution is 6.30. The number of aliphatic carboxylic acids is 1. The molecule has 17 heavy (non-hydrogen) atoms. The van der Waals surface area contributed by atoms with Gasteiger partial charge in [0, 0.05) is 18.0 Å². The van der Waals surface area contributed by atoms with Crippen LogP contribution in [-0.2, 0) is 11.3 Å². The number of carboxylic acid groups (broad SMARTS) is 1. The first-order chi connectivity index (χ1) is 8.08. The highest BCUT2D eigenvalue weighted by atomic mass is 35.5. The van der Waals surface area contributed by atoms with E-state index in [1.165, 1.54) is 5.56 Å². The standard InChI is InChI=1S/C13H18ClNO2/c1-15(9-3-2-4-13(16)17)10-11-5-7-12(14)8-6-11/h5-8H,2-4,9-10H2,1H3,(H,16,17). The molecule has 1 N–H and O–H groups in total. The fourth-order valence-electron chi connectivity index (χ4n) is 1.64. The minimum atomic E-state index is -0.717. The molecule has 1 aromatic carbocycles. The SMILES string of the molecule is CN(CCCCC(=O)O)Cc1ccc(Cl)cc1. The highest BCUT2D eigenvalue weighted by Gasteiger charge is 2.01. The van der Waals surface area contributed by atoms with Gasteiger partial charge in [0.05, 0.1) is 0 Å². The van der Waals surface area contributed by atoms with Crippen LogP contribution >= 0.6 is 11.6 Å². The molecule has 0 saturated heterocycles. The summed E-state index contributed by atoms with van der Waals surface area (Å²) in [6.45, 7) is 1.78. The molecule has 0 amide bonds. The molecule has 0 aromatic heterocycles. The molecule has 0 saturated carbocycles. The summed E-state index contributed by atoms with van der Waals surface area (Å²) >= 11 is 5.81. The van der Waals surface area contributed by atoms with Crippen LogP contribution in [0.3, 0.4) is 0 Å². The first kappa shape index (κ1) is 14.0. The van der Waals surface area contributed by atoms with Gasteiger partial charge in [-0.2, -0.15) is 0 Å². The summed E-state index contributed by atoms with van der Waals surface area (Å²) in [6, 6.07) is 7.79. The van der Waals surface area contributed by atoms with E-state index in [2.05, 4.69) is 4.90 Å². The summed E-state index contributed by atoms with van der Waals surface area (Å²) in [4.78, 5) is 12.5. The summed E-state index contributed by atoms with van der Waals surface area (Å²) in [5.41, 5.74) is 1.22. The third-order valence-corrected chi connectivity index (χ3v) is 2.80. The van der Waals surface area contributed by atoms with Crippen LogP contribution in [0.4, 0.5) is 0 Å². The topological polar surface area (TPSA) is 40.5 Å². The maximum atomic E-state index is 10.3. The number of nitrogens with zero attached hydrogens (tertiary/aromatic N) is 1. The Balaban J connectivity index is 2.22. The smallest absolute Gasteiger partial charge is 0.303 e. The van der Waals surface area contributed by atoms with Crippen molar-refractivity contribution in [1.29, 1.82) is 0 Å². The van der Waals surface area contributed by atoms with E-state index in [0.717, 1.165) is 31.0 Å². The van der Waals surface area contributed by atoms with Gasteiger partial charge in [0.2, 0.25) is 0 Å². The lowest BCUT2D eigenvalue weighted by Gasteiger charge is -2.16. The van der Waals surface area contributed by atoms with Crippen LogP contribution in [0.1, 0.15) is 24.8 Å². The molecule has 4 heteroatoms. The Kier molecular flexibility index (Phi) is 6.01. The van der Waals surface area contributed by atoms with Crippen molar-refractivity contribution in [3.05, 3.63) is 34.9 Å². The third-order valence-electron chi connectivity index (χ3n) is 2.55. The van der Waals surface area contributed by atoms with Crippen molar-refractivity contribution >= 4 is 17.6 Å². The number of carboxylic acids is 1. The van der Waals surface area contributed by atoms with Gasteiger partial charge in [-0.05, 0) is 44.1 Å². The van der Waals surface area contributed by atoms with Crippen molar-refractivity contribution in [3.8, 4) is 0 Å². The van der Waals surface area contributed by atoms with Gasteiger partial charge < -0.3 is 10.0 Å². The van der Waals surface area contributed by atoms with Crippen molar-refractivity contribution in [2.24, 2.45) is 0 Å². The van der Waals surface area contributed by atoms with Crippen LogP contribution in [-0.4, -0.2) is 29.6 Å². The van der Waals surface area contributed by atoms with Gasteiger partial charge in [0.15, 0.2) is 0 Å². The highest BCUT2D eigenvalue weighted by Crippen LogP contribution is 2.11. The Labute approximate surface area is 107 Å². The molecule has 3 nitrogen and oxygen atoms in total. The van der Waals surface area contributed by atoms with Gasteiger partial charge in [-0.15, -0.1) is 0 Å². The molecule has 1 aromatic rings. The van der Waals surface area contributed by atoms with E-state index in [1.807, 2.05) is 31.3 Å². The Bertz CT molecular complexity index is 351. The van der Waals surface area contributed by atoms with Crippen LogP contribution in [0.2, 0.25) is 5.02 Å². The summed E-state index contributed by atoms with van der Waals surface area (Å²) in [6.07, 6.45) is 1.91. The summed E-state index contributed by atoms with van der Waals surface area (Å²) in [5, 5.41) is 9.26. The fourth-order valence-corrected chi connectivity index (χ4v) is 1.76. The molecule has 0 aliphatic carbocycles. The molecule has 0 aliphatic heterocycles. The van der Waals surface area contributed by atoms with E-state index >= 15 is 0 Å². The van der Waals surface area contributed by atoms with E-state index in [4.69, 9.17) is 16.7 Å². The number of unbranched alkanes of at least 4 members (excludes halogenated alkanes) is 1. The second-order valence-corrected chi connectivity index (χ2v) is 4.65. The van der Waals surface area contributed by atoms with E-state index in [9.17, 15) is 4.79 Å². The molecule has 0 spiro atoms. The number of rotatable bonds is 7. The van der Waals surface area contributed by atoms with Crippen molar-refractivity contribution in [2.45, 2.75) is 25.8 Å². The largest absolute Gasteiger partial charge is 0.481 e. The van der Waals surface area contributed by atoms with Crippen LogP contribution in [0.15, 0.2) is 24.3 Å². The predicted molar refractivity (Wildman–Crippen MR) is 69.3 cm³/mol. The maximum absolute atomic E-state index is 10.3. The monoisotopic (exact) mass is 255 g/mol. The first-order valence-electron chi connectivity index (χ1n) is 5.72. The average molecular weight is 256 g/mol. The molecule has 0 radical (unpaired) electrons. The minimum Gasteiger partial charge on any atom is -0.481 e. The van der Waals surface area contributed by atoms with Crippen LogP contribution in [0.5, 0.6) is 0 Å². The lowest BCUT2D eigenvalue weighted by molar-refractivity contribution is -0.137. The zero-order valence-corrected chi connectivity index (χ0v) is 10.8. The van der Waals surface area contributed by atoms with Gasteiger partial charge in [0.1, 0.15) is 0 Å².